The highest BCUT2D eigenvalue weighted by atomic mass is 16.1. The molecule has 0 bridgehead atoms. The number of nitrogens with zero attached hydrogens (tertiary/aromatic N) is 3. The molecule has 3 aromatic rings. The number of para-hydroxylation sites is 1. The van der Waals surface area contributed by atoms with Gasteiger partial charge in [0.25, 0.3) is 5.56 Å². The van der Waals surface area contributed by atoms with E-state index in [2.05, 4.69) is 73.0 Å². The van der Waals surface area contributed by atoms with Crippen molar-refractivity contribution in [2.75, 3.05) is 0 Å². The average Bonchev–Trinajstić information content (AvgIpc) is 3.07. The molecule has 2 heterocycles. The molecule has 0 spiro atoms. The second-order valence-electron chi connectivity index (χ2n) is 7.97. The second kappa shape index (κ2) is 7.30. The van der Waals surface area contributed by atoms with Gasteiger partial charge < -0.3 is 4.57 Å². The van der Waals surface area contributed by atoms with Crippen molar-refractivity contribution in [3.05, 3.63) is 112 Å². The van der Waals surface area contributed by atoms with Gasteiger partial charge in [-0.2, -0.15) is 5.10 Å². The average molecular weight is 393 g/mol. The fourth-order valence-electron chi connectivity index (χ4n) is 3.92. The van der Waals surface area contributed by atoms with Crippen LogP contribution in [0.5, 0.6) is 0 Å². The molecule has 3 aromatic carbocycles. The van der Waals surface area contributed by atoms with E-state index in [9.17, 15) is 4.79 Å². The third-order valence-electron chi connectivity index (χ3n) is 5.62. The van der Waals surface area contributed by atoms with Crippen LogP contribution in [0.1, 0.15) is 22.3 Å². The highest BCUT2D eigenvalue weighted by Crippen LogP contribution is 2.28. The monoisotopic (exact) mass is 393 g/mol. The van der Waals surface area contributed by atoms with Gasteiger partial charge in [0.15, 0.2) is 0 Å². The summed E-state index contributed by atoms with van der Waals surface area (Å²) in [6, 6.07) is 24.9. The molecule has 0 radical (unpaired) electrons. The van der Waals surface area contributed by atoms with E-state index < -0.39 is 0 Å². The smallest absolute Gasteiger partial charge is 0.278 e. The number of aryl methyl sites for hydroxylation is 2. The fraction of sp³-hybridized carbons (Fsp3) is 0.154. The number of hydrogen-bond donors (Lipinski definition) is 0. The maximum atomic E-state index is 13.2. The first-order valence-corrected chi connectivity index (χ1v) is 10.2. The maximum absolute atomic E-state index is 13.2. The maximum Gasteiger partial charge on any atom is 0.278 e. The summed E-state index contributed by atoms with van der Waals surface area (Å²) >= 11 is 0. The Morgan fingerprint density at radius 3 is 2.03 bits per heavy atom. The van der Waals surface area contributed by atoms with E-state index in [1.807, 2.05) is 24.4 Å². The van der Waals surface area contributed by atoms with Gasteiger partial charge in [0, 0.05) is 18.1 Å². The number of benzene rings is 3. The summed E-state index contributed by atoms with van der Waals surface area (Å²) in [6.07, 6.45) is 1.96. The van der Waals surface area contributed by atoms with E-state index >= 15 is 0 Å². The van der Waals surface area contributed by atoms with Gasteiger partial charge in [-0.25, -0.2) is 4.68 Å². The van der Waals surface area contributed by atoms with Crippen LogP contribution in [0.25, 0.3) is 22.2 Å². The third-order valence-corrected chi connectivity index (χ3v) is 5.62. The summed E-state index contributed by atoms with van der Waals surface area (Å²) in [5.74, 6) is 0. The zero-order valence-electron chi connectivity index (χ0n) is 17.2. The van der Waals surface area contributed by atoms with Gasteiger partial charge in [-0.1, -0.05) is 77.9 Å². The van der Waals surface area contributed by atoms with E-state index in [1.54, 1.807) is 4.68 Å². The van der Waals surface area contributed by atoms with Crippen molar-refractivity contribution in [3.63, 3.8) is 0 Å². The molecule has 0 N–H and O–H groups in total. The molecule has 2 aliphatic heterocycles. The molecule has 148 valence electrons. The molecule has 30 heavy (non-hydrogen) atoms. The van der Waals surface area contributed by atoms with Gasteiger partial charge in [-0.15, -0.1) is 0 Å². The van der Waals surface area contributed by atoms with Crippen molar-refractivity contribution in [2.45, 2.75) is 26.9 Å². The quantitative estimate of drug-likeness (QED) is 0.430. The number of rotatable bonds is 4. The van der Waals surface area contributed by atoms with Gasteiger partial charge in [0.1, 0.15) is 5.69 Å². The lowest BCUT2D eigenvalue weighted by atomic mass is 10.1. The lowest BCUT2D eigenvalue weighted by Gasteiger charge is -2.14. The van der Waals surface area contributed by atoms with Gasteiger partial charge in [0.05, 0.1) is 17.6 Å². The summed E-state index contributed by atoms with van der Waals surface area (Å²) in [6.45, 7) is 5.33. The van der Waals surface area contributed by atoms with E-state index in [0.717, 1.165) is 22.2 Å². The van der Waals surface area contributed by atoms with Gasteiger partial charge in [0.2, 0.25) is 0 Å². The van der Waals surface area contributed by atoms with Crippen LogP contribution in [0.3, 0.4) is 0 Å². The van der Waals surface area contributed by atoms with Crippen LogP contribution in [0, 0.1) is 13.8 Å². The molecule has 0 fully saturated rings. The van der Waals surface area contributed by atoms with Crippen LogP contribution in [-0.4, -0.2) is 14.3 Å². The Bertz CT molecular complexity index is 1360. The predicted molar refractivity (Wildman–Crippen MR) is 121 cm³/mol. The Hall–Kier alpha value is -3.66. The Balaban J connectivity index is 1.63. The van der Waals surface area contributed by atoms with Crippen molar-refractivity contribution >= 4 is 10.9 Å². The minimum atomic E-state index is -0.0472. The molecule has 0 aliphatic carbocycles. The second-order valence-corrected chi connectivity index (χ2v) is 7.97. The SMILES string of the molecule is Cc1ccc(Cn2nc3c4ccccc4n(Cc4ccc(C)cc4)cc-3c2=O)cc1. The summed E-state index contributed by atoms with van der Waals surface area (Å²) < 4.78 is 3.74. The molecule has 0 aromatic heterocycles. The summed E-state index contributed by atoms with van der Waals surface area (Å²) in [5, 5.41) is 5.71. The molecule has 4 heteroatoms. The standard InChI is InChI=1S/C26H23N3O/c1-18-7-11-20(12-8-18)15-28-17-23-25(22-5-3-4-6-24(22)28)27-29(26(23)30)16-21-13-9-19(2)10-14-21/h3-14,17H,15-16H2,1-2H3. The number of hydrogen-bond acceptors (Lipinski definition) is 2. The van der Waals surface area contributed by atoms with Crippen LogP contribution in [-0.2, 0) is 13.1 Å². The summed E-state index contributed by atoms with van der Waals surface area (Å²) in [5.41, 5.74) is 7.17. The first-order valence-electron chi connectivity index (χ1n) is 10.2. The van der Waals surface area contributed by atoms with Crippen molar-refractivity contribution in [1.82, 2.24) is 14.3 Å². The van der Waals surface area contributed by atoms with Gasteiger partial charge in [-0.05, 0) is 31.0 Å². The number of aromatic nitrogens is 3. The van der Waals surface area contributed by atoms with Crippen molar-refractivity contribution in [3.8, 4) is 11.3 Å². The van der Waals surface area contributed by atoms with Crippen LogP contribution in [0.15, 0.2) is 83.8 Å². The Labute approximate surface area is 175 Å². The van der Waals surface area contributed by atoms with Crippen LogP contribution in [0.4, 0.5) is 0 Å². The molecule has 0 saturated heterocycles. The molecule has 4 nitrogen and oxygen atoms in total. The Kier molecular flexibility index (Phi) is 4.47. The van der Waals surface area contributed by atoms with Crippen LogP contribution >= 0.6 is 0 Å². The summed E-state index contributed by atoms with van der Waals surface area (Å²) in [7, 11) is 0. The van der Waals surface area contributed by atoms with Crippen molar-refractivity contribution in [1.29, 1.82) is 0 Å². The highest BCUT2D eigenvalue weighted by molar-refractivity contribution is 5.93. The zero-order chi connectivity index (χ0) is 20.7. The largest absolute Gasteiger partial charge is 0.342 e. The number of fused-ring (bicyclic) bond motifs is 3. The normalized spacial score (nSPS) is 11.4. The minimum Gasteiger partial charge on any atom is -0.342 e. The van der Waals surface area contributed by atoms with Gasteiger partial charge >= 0.3 is 0 Å². The molecule has 2 aliphatic rings. The van der Waals surface area contributed by atoms with E-state index in [4.69, 9.17) is 5.10 Å². The highest BCUT2D eigenvalue weighted by Gasteiger charge is 2.20. The van der Waals surface area contributed by atoms with Crippen LogP contribution < -0.4 is 5.56 Å². The molecule has 5 rings (SSSR count). The number of pyridine rings is 1. The minimum absolute atomic E-state index is 0.0472. The lowest BCUT2D eigenvalue weighted by Crippen LogP contribution is -2.17. The van der Waals surface area contributed by atoms with Crippen molar-refractivity contribution < 1.29 is 0 Å². The molecule has 0 unspecified atom stereocenters. The zero-order valence-corrected chi connectivity index (χ0v) is 17.2. The fourth-order valence-corrected chi connectivity index (χ4v) is 3.92. The summed E-state index contributed by atoms with van der Waals surface area (Å²) in [4.78, 5) is 13.2. The Morgan fingerprint density at radius 1 is 0.767 bits per heavy atom. The topological polar surface area (TPSA) is 39.8 Å². The molecule has 0 amide bonds. The lowest BCUT2D eigenvalue weighted by molar-refractivity contribution is 0.669. The van der Waals surface area contributed by atoms with E-state index in [0.29, 0.717) is 18.7 Å². The molecular formula is C26H23N3O. The first-order chi connectivity index (χ1) is 14.6. The van der Waals surface area contributed by atoms with E-state index in [-0.39, 0.29) is 5.56 Å². The molecule has 0 atom stereocenters. The van der Waals surface area contributed by atoms with Gasteiger partial charge in [-0.3, -0.25) is 4.79 Å². The Morgan fingerprint density at radius 2 is 1.37 bits per heavy atom. The first kappa shape index (κ1) is 18.4. The van der Waals surface area contributed by atoms with Crippen molar-refractivity contribution in [2.24, 2.45) is 0 Å². The predicted octanol–water partition coefficient (Wildman–Crippen LogP) is 5.02. The molecular weight excluding hydrogens is 370 g/mol. The third kappa shape index (κ3) is 3.30. The van der Waals surface area contributed by atoms with Crippen LogP contribution in [0.2, 0.25) is 0 Å². The van der Waals surface area contributed by atoms with E-state index in [1.165, 1.54) is 16.7 Å². The molecule has 0 saturated carbocycles.